The summed E-state index contributed by atoms with van der Waals surface area (Å²) in [6.45, 7) is 0. The van der Waals surface area contributed by atoms with Crippen molar-refractivity contribution in [2.24, 2.45) is 0 Å². The zero-order valence-corrected chi connectivity index (χ0v) is 17.3. The minimum Gasteiger partial charge on any atom is -0.270 e. The maximum absolute atomic E-state index is 8.95. The summed E-state index contributed by atoms with van der Waals surface area (Å²) >= 11 is 13.9. The highest BCUT2D eigenvalue weighted by molar-refractivity contribution is 7.98. The van der Waals surface area contributed by atoms with E-state index >= 15 is 0 Å². The third kappa shape index (κ3) is 4.28. The van der Waals surface area contributed by atoms with Crippen LogP contribution in [0.5, 0.6) is 0 Å². The van der Waals surface area contributed by atoms with Crippen molar-refractivity contribution in [2.45, 2.75) is 10.9 Å². The van der Waals surface area contributed by atoms with Gasteiger partial charge in [-0.05, 0) is 48.0 Å². The van der Waals surface area contributed by atoms with Crippen molar-refractivity contribution >= 4 is 35.0 Å². The molecule has 8 heteroatoms. The van der Waals surface area contributed by atoms with Crippen molar-refractivity contribution in [1.82, 2.24) is 19.7 Å². The first kappa shape index (κ1) is 19.5. The van der Waals surface area contributed by atoms with Gasteiger partial charge in [-0.1, -0.05) is 47.1 Å². The van der Waals surface area contributed by atoms with Crippen LogP contribution in [-0.4, -0.2) is 19.7 Å². The van der Waals surface area contributed by atoms with Gasteiger partial charge in [-0.2, -0.15) is 5.26 Å². The van der Waals surface area contributed by atoms with E-state index in [0.717, 1.165) is 16.8 Å². The lowest BCUT2D eigenvalue weighted by atomic mass is 10.2. The zero-order chi connectivity index (χ0) is 20.2. The molecule has 0 atom stereocenters. The first-order valence-corrected chi connectivity index (χ1v) is 10.3. The average Bonchev–Trinajstić information content (AvgIpc) is 3.19. The van der Waals surface area contributed by atoms with E-state index in [4.69, 9.17) is 28.5 Å². The molecule has 4 aromatic rings. The number of hydrogen-bond donors (Lipinski definition) is 0. The van der Waals surface area contributed by atoms with Gasteiger partial charge in [-0.3, -0.25) is 9.55 Å². The van der Waals surface area contributed by atoms with Crippen LogP contribution in [0.2, 0.25) is 10.0 Å². The van der Waals surface area contributed by atoms with E-state index in [9.17, 15) is 0 Å². The summed E-state index contributed by atoms with van der Waals surface area (Å²) in [7, 11) is 0. The SMILES string of the molecule is N#Cc1ccc(CSc2nnc(-c3cccnc3)n2-c2ccc(Cl)c(Cl)c2)cc1. The van der Waals surface area contributed by atoms with Crippen LogP contribution in [0.15, 0.2) is 72.1 Å². The molecule has 0 saturated carbocycles. The van der Waals surface area contributed by atoms with Gasteiger partial charge in [0.15, 0.2) is 11.0 Å². The summed E-state index contributed by atoms with van der Waals surface area (Å²) in [5, 5.41) is 19.4. The molecule has 29 heavy (non-hydrogen) atoms. The number of benzene rings is 2. The highest BCUT2D eigenvalue weighted by atomic mass is 35.5. The van der Waals surface area contributed by atoms with Crippen LogP contribution in [0.3, 0.4) is 0 Å². The Kier molecular flexibility index (Phi) is 5.81. The van der Waals surface area contributed by atoms with Gasteiger partial charge >= 0.3 is 0 Å². The molecule has 0 aliphatic carbocycles. The number of nitriles is 1. The predicted octanol–water partition coefficient (Wildman–Crippen LogP) is 5.80. The predicted molar refractivity (Wildman–Crippen MR) is 115 cm³/mol. The van der Waals surface area contributed by atoms with Gasteiger partial charge in [0.2, 0.25) is 0 Å². The molecule has 0 spiro atoms. The molecular formula is C21H13Cl2N5S. The smallest absolute Gasteiger partial charge is 0.196 e. The molecule has 2 aromatic carbocycles. The fourth-order valence-electron chi connectivity index (χ4n) is 2.73. The first-order valence-electron chi connectivity index (χ1n) is 8.59. The third-order valence-electron chi connectivity index (χ3n) is 4.17. The van der Waals surface area contributed by atoms with Gasteiger partial charge in [-0.25, -0.2) is 0 Å². The molecule has 142 valence electrons. The van der Waals surface area contributed by atoms with Gasteiger partial charge in [0.1, 0.15) is 0 Å². The normalized spacial score (nSPS) is 10.7. The van der Waals surface area contributed by atoms with Gasteiger partial charge < -0.3 is 0 Å². The van der Waals surface area contributed by atoms with Crippen LogP contribution in [0, 0.1) is 11.3 Å². The Morgan fingerprint density at radius 1 is 1.00 bits per heavy atom. The van der Waals surface area contributed by atoms with Gasteiger partial charge in [0.25, 0.3) is 0 Å². The average molecular weight is 438 g/mol. The zero-order valence-electron chi connectivity index (χ0n) is 15.0. The summed E-state index contributed by atoms with van der Waals surface area (Å²) in [6, 6.07) is 18.8. The second kappa shape index (κ2) is 8.66. The number of aromatic nitrogens is 4. The molecule has 4 rings (SSSR count). The fraction of sp³-hybridized carbons (Fsp3) is 0.0476. The maximum Gasteiger partial charge on any atom is 0.196 e. The van der Waals surface area contributed by atoms with E-state index in [2.05, 4.69) is 21.3 Å². The van der Waals surface area contributed by atoms with Gasteiger partial charge in [0, 0.05) is 23.7 Å². The minimum absolute atomic E-state index is 0.457. The molecule has 5 nitrogen and oxygen atoms in total. The topological polar surface area (TPSA) is 67.4 Å². The quantitative estimate of drug-likeness (QED) is 0.369. The van der Waals surface area contributed by atoms with E-state index in [1.54, 1.807) is 48.4 Å². The molecule has 0 fully saturated rings. The van der Waals surface area contributed by atoms with E-state index < -0.39 is 0 Å². The highest BCUT2D eigenvalue weighted by Gasteiger charge is 2.17. The van der Waals surface area contributed by atoms with Crippen LogP contribution < -0.4 is 0 Å². The number of thioether (sulfide) groups is 1. The van der Waals surface area contributed by atoms with E-state index in [-0.39, 0.29) is 0 Å². The Balaban J connectivity index is 1.72. The molecule has 0 amide bonds. The van der Waals surface area contributed by atoms with Crippen LogP contribution in [0.25, 0.3) is 17.1 Å². The minimum atomic E-state index is 0.457. The van der Waals surface area contributed by atoms with Crippen molar-refractivity contribution in [3.63, 3.8) is 0 Å². The second-order valence-corrected chi connectivity index (χ2v) is 7.84. The molecule has 0 aliphatic heterocycles. The summed E-state index contributed by atoms with van der Waals surface area (Å²) in [5.41, 5.74) is 3.37. The largest absolute Gasteiger partial charge is 0.270 e. The summed E-state index contributed by atoms with van der Waals surface area (Å²) in [5.74, 6) is 1.34. The lowest BCUT2D eigenvalue weighted by Gasteiger charge is -2.11. The molecule has 0 radical (unpaired) electrons. The van der Waals surface area contributed by atoms with Crippen LogP contribution >= 0.6 is 35.0 Å². The van der Waals surface area contributed by atoms with Crippen LogP contribution in [0.4, 0.5) is 0 Å². The summed E-state index contributed by atoms with van der Waals surface area (Å²) in [6.07, 6.45) is 3.46. The standard InChI is InChI=1S/C21H13Cl2N5S/c22-18-8-7-17(10-19(18)23)28-20(16-2-1-9-25-12-16)26-27-21(28)29-13-15-5-3-14(11-24)4-6-15/h1-10,12H,13H2. The highest BCUT2D eigenvalue weighted by Crippen LogP contribution is 2.32. The lowest BCUT2D eigenvalue weighted by molar-refractivity contribution is 0.886. The molecule has 0 aliphatic rings. The summed E-state index contributed by atoms with van der Waals surface area (Å²) in [4.78, 5) is 4.19. The van der Waals surface area contributed by atoms with Crippen LogP contribution in [0.1, 0.15) is 11.1 Å². The molecule has 0 bridgehead atoms. The van der Waals surface area contributed by atoms with Gasteiger partial charge in [-0.15, -0.1) is 10.2 Å². The maximum atomic E-state index is 8.95. The Bertz CT molecular complexity index is 1180. The number of rotatable bonds is 5. The Labute approximate surface area is 182 Å². The molecule has 0 saturated heterocycles. The number of pyridine rings is 1. The number of halogens is 2. The fourth-order valence-corrected chi connectivity index (χ4v) is 3.93. The van der Waals surface area contributed by atoms with E-state index in [1.165, 1.54) is 0 Å². The van der Waals surface area contributed by atoms with E-state index in [1.807, 2.05) is 34.9 Å². The molecule has 2 heterocycles. The van der Waals surface area contributed by atoms with Crippen molar-refractivity contribution in [1.29, 1.82) is 5.26 Å². The van der Waals surface area contributed by atoms with Gasteiger partial charge in [0.05, 0.1) is 27.4 Å². The van der Waals surface area contributed by atoms with Crippen molar-refractivity contribution < 1.29 is 0 Å². The Morgan fingerprint density at radius 2 is 1.83 bits per heavy atom. The Morgan fingerprint density at radius 3 is 2.52 bits per heavy atom. The van der Waals surface area contributed by atoms with Crippen molar-refractivity contribution in [2.75, 3.05) is 0 Å². The number of nitrogens with zero attached hydrogens (tertiary/aromatic N) is 5. The first-order chi connectivity index (χ1) is 14.2. The van der Waals surface area contributed by atoms with Crippen molar-refractivity contribution in [3.8, 4) is 23.1 Å². The molecular weight excluding hydrogens is 425 g/mol. The van der Waals surface area contributed by atoms with E-state index in [0.29, 0.717) is 32.3 Å². The van der Waals surface area contributed by atoms with Crippen LogP contribution in [-0.2, 0) is 5.75 Å². The molecule has 2 aromatic heterocycles. The monoisotopic (exact) mass is 437 g/mol. The van der Waals surface area contributed by atoms with Crippen molar-refractivity contribution in [3.05, 3.63) is 88.2 Å². The second-order valence-electron chi connectivity index (χ2n) is 6.08. The molecule has 0 unspecified atom stereocenters. The number of hydrogen-bond acceptors (Lipinski definition) is 5. The Hall–Kier alpha value is -2.85. The molecule has 0 N–H and O–H groups in total. The summed E-state index contributed by atoms with van der Waals surface area (Å²) < 4.78 is 1.94. The third-order valence-corrected chi connectivity index (χ3v) is 5.90. The lowest BCUT2D eigenvalue weighted by Crippen LogP contribution is -2.00.